The minimum Gasteiger partial charge on any atom is -0.377 e. The van der Waals surface area contributed by atoms with E-state index in [-0.39, 0.29) is 11.9 Å². The third-order valence-corrected chi connectivity index (χ3v) is 6.00. The molecule has 120 valence electrons. The Balaban J connectivity index is 1.67. The summed E-state index contributed by atoms with van der Waals surface area (Å²) in [7, 11) is -3.45. The molecule has 22 heavy (non-hydrogen) atoms. The summed E-state index contributed by atoms with van der Waals surface area (Å²) in [5.41, 5.74) is 1.96. The number of ether oxygens (including phenoxy) is 1. The van der Waals surface area contributed by atoms with Crippen LogP contribution in [-0.4, -0.2) is 37.1 Å². The fourth-order valence-corrected chi connectivity index (χ4v) is 4.68. The summed E-state index contributed by atoms with van der Waals surface area (Å²) in [4.78, 5) is 1.06. The molecule has 0 bridgehead atoms. The number of aryl methyl sites for hydroxylation is 1. The van der Waals surface area contributed by atoms with Crippen molar-refractivity contribution < 1.29 is 13.2 Å². The summed E-state index contributed by atoms with van der Waals surface area (Å²) >= 11 is 1.59. The molecule has 1 atom stereocenters. The predicted molar refractivity (Wildman–Crippen MR) is 87.6 cm³/mol. The van der Waals surface area contributed by atoms with Crippen LogP contribution in [0.4, 0.5) is 5.82 Å². The molecule has 2 aromatic heterocycles. The highest BCUT2D eigenvalue weighted by atomic mass is 32.2. The van der Waals surface area contributed by atoms with E-state index in [0.717, 1.165) is 35.4 Å². The number of aromatic nitrogens is 2. The van der Waals surface area contributed by atoms with Gasteiger partial charge in [0.1, 0.15) is 0 Å². The van der Waals surface area contributed by atoms with Crippen molar-refractivity contribution in [2.45, 2.75) is 32.3 Å². The van der Waals surface area contributed by atoms with Gasteiger partial charge in [-0.3, -0.25) is 9.82 Å². The van der Waals surface area contributed by atoms with Crippen LogP contribution in [0.25, 0.3) is 10.6 Å². The molecule has 3 heterocycles. The fourth-order valence-electron chi connectivity index (χ4n) is 2.52. The lowest BCUT2D eigenvalue weighted by Gasteiger charge is -2.22. The lowest BCUT2D eigenvalue weighted by atomic mass is 10.1. The van der Waals surface area contributed by atoms with Gasteiger partial charge in [-0.05, 0) is 43.2 Å². The summed E-state index contributed by atoms with van der Waals surface area (Å²) < 4.78 is 32.4. The zero-order valence-corrected chi connectivity index (χ0v) is 14.0. The van der Waals surface area contributed by atoms with Crippen molar-refractivity contribution in [3.05, 3.63) is 23.1 Å². The average molecular weight is 341 g/mol. The minimum absolute atomic E-state index is 0.0206. The number of nitrogens with zero attached hydrogens (tertiary/aromatic N) is 1. The summed E-state index contributed by atoms with van der Waals surface area (Å²) in [6, 6.07) is 3.74. The molecule has 0 amide bonds. The van der Waals surface area contributed by atoms with Crippen molar-refractivity contribution in [3.63, 3.8) is 0 Å². The van der Waals surface area contributed by atoms with Crippen LogP contribution < -0.4 is 4.72 Å². The van der Waals surface area contributed by atoms with E-state index in [1.54, 1.807) is 17.4 Å². The van der Waals surface area contributed by atoms with E-state index in [1.165, 1.54) is 0 Å². The number of nitrogens with one attached hydrogen (secondary N) is 2. The second-order valence-electron chi connectivity index (χ2n) is 5.47. The third kappa shape index (κ3) is 3.68. The highest BCUT2D eigenvalue weighted by Gasteiger charge is 2.23. The van der Waals surface area contributed by atoms with Gasteiger partial charge in [0.25, 0.3) is 0 Å². The molecule has 0 saturated carbocycles. The number of aromatic amines is 1. The monoisotopic (exact) mass is 341 g/mol. The van der Waals surface area contributed by atoms with Gasteiger partial charge in [0.15, 0.2) is 5.82 Å². The molecule has 2 aromatic rings. The number of anilines is 1. The smallest absolute Gasteiger partial charge is 0.236 e. The van der Waals surface area contributed by atoms with Crippen molar-refractivity contribution in [1.82, 2.24) is 10.2 Å². The molecular weight excluding hydrogens is 322 g/mol. The Morgan fingerprint density at radius 3 is 3.05 bits per heavy atom. The Morgan fingerprint density at radius 2 is 2.36 bits per heavy atom. The lowest BCUT2D eigenvalue weighted by molar-refractivity contribution is 0.0306. The second-order valence-corrected chi connectivity index (χ2v) is 8.15. The molecule has 1 aliphatic heterocycles. The third-order valence-electron chi connectivity index (χ3n) is 3.62. The molecule has 3 rings (SSSR count). The van der Waals surface area contributed by atoms with Crippen molar-refractivity contribution >= 4 is 27.2 Å². The van der Waals surface area contributed by atoms with Gasteiger partial charge in [-0.1, -0.05) is 0 Å². The number of rotatable bonds is 5. The van der Waals surface area contributed by atoms with E-state index in [2.05, 4.69) is 14.9 Å². The maximum atomic E-state index is 12.2. The number of H-pyrrole nitrogens is 1. The molecule has 1 fully saturated rings. The Morgan fingerprint density at radius 1 is 1.50 bits per heavy atom. The van der Waals surface area contributed by atoms with Gasteiger partial charge in [-0.2, -0.15) is 5.10 Å². The van der Waals surface area contributed by atoms with Gasteiger partial charge in [-0.15, -0.1) is 11.3 Å². The first-order valence-corrected chi connectivity index (χ1v) is 9.79. The molecule has 0 radical (unpaired) electrons. The zero-order valence-electron chi connectivity index (χ0n) is 12.3. The maximum absolute atomic E-state index is 12.2. The topological polar surface area (TPSA) is 84.1 Å². The first kappa shape index (κ1) is 15.5. The van der Waals surface area contributed by atoms with Crippen LogP contribution in [0.15, 0.2) is 17.5 Å². The number of hydrogen-bond donors (Lipinski definition) is 2. The molecule has 0 aromatic carbocycles. The van der Waals surface area contributed by atoms with E-state index in [0.29, 0.717) is 12.4 Å². The molecule has 0 aliphatic carbocycles. The Hall–Kier alpha value is -1.38. The standard InChI is InChI=1S/C14H19N3O3S2/c1-10-5-7-21-14(10)12-8-13(16-15-12)17-22(18,19)9-11-4-2-3-6-20-11/h5,7-8,11H,2-4,6,9H2,1H3,(H2,15,16,17)/t11-/m1/s1. The Bertz CT molecular complexity index is 730. The molecule has 0 spiro atoms. The molecule has 1 saturated heterocycles. The first-order chi connectivity index (χ1) is 10.5. The molecule has 1 aliphatic rings. The lowest BCUT2D eigenvalue weighted by Crippen LogP contribution is -2.30. The zero-order chi connectivity index (χ0) is 15.6. The Kier molecular flexibility index (Phi) is 4.51. The van der Waals surface area contributed by atoms with Gasteiger partial charge in [0, 0.05) is 12.7 Å². The van der Waals surface area contributed by atoms with E-state index in [9.17, 15) is 8.42 Å². The van der Waals surface area contributed by atoms with Crippen molar-refractivity contribution in [3.8, 4) is 10.6 Å². The molecule has 0 unspecified atom stereocenters. The highest BCUT2D eigenvalue weighted by molar-refractivity contribution is 7.92. The number of hydrogen-bond acceptors (Lipinski definition) is 5. The quantitative estimate of drug-likeness (QED) is 0.876. The highest BCUT2D eigenvalue weighted by Crippen LogP contribution is 2.29. The summed E-state index contributed by atoms with van der Waals surface area (Å²) in [6.07, 6.45) is 2.60. The van der Waals surface area contributed by atoms with E-state index < -0.39 is 10.0 Å². The van der Waals surface area contributed by atoms with Crippen LogP contribution in [0.5, 0.6) is 0 Å². The molecular formula is C14H19N3O3S2. The summed E-state index contributed by atoms with van der Waals surface area (Å²) in [5, 5.41) is 8.92. The van der Waals surface area contributed by atoms with Crippen molar-refractivity contribution in [1.29, 1.82) is 0 Å². The SMILES string of the molecule is Cc1ccsc1-c1cc(NS(=O)(=O)C[C@H]2CCCCO2)n[nH]1. The average Bonchev–Trinajstić information content (AvgIpc) is 3.07. The van der Waals surface area contributed by atoms with Crippen LogP contribution >= 0.6 is 11.3 Å². The van der Waals surface area contributed by atoms with Gasteiger partial charge < -0.3 is 4.74 Å². The van der Waals surface area contributed by atoms with Gasteiger partial charge in [-0.25, -0.2) is 8.42 Å². The van der Waals surface area contributed by atoms with Gasteiger partial charge >= 0.3 is 0 Å². The predicted octanol–water partition coefficient (Wildman–Crippen LogP) is 2.76. The first-order valence-electron chi connectivity index (χ1n) is 7.25. The van der Waals surface area contributed by atoms with Crippen LogP contribution in [0.1, 0.15) is 24.8 Å². The van der Waals surface area contributed by atoms with Gasteiger partial charge in [0.05, 0.1) is 22.4 Å². The summed E-state index contributed by atoms with van der Waals surface area (Å²) in [6.45, 7) is 2.65. The number of thiophene rings is 1. The minimum atomic E-state index is -3.45. The van der Waals surface area contributed by atoms with Crippen molar-refractivity contribution in [2.24, 2.45) is 0 Å². The largest absolute Gasteiger partial charge is 0.377 e. The Labute approximate surface area is 133 Å². The molecule has 6 nitrogen and oxygen atoms in total. The van der Waals surface area contributed by atoms with E-state index >= 15 is 0 Å². The normalized spacial score (nSPS) is 19.2. The van der Waals surface area contributed by atoms with Crippen molar-refractivity contribution in [2.75, 3.05) is 17.1 Å². The second kappa shape index (κ2) is 6.39. The van der Waals surface area contributed by atoms with Crippen LogP contribution in [-0.2, 0) is 14.8 Å². The van der Waals surface area contributed by atoms with Gasteiger partial charge in [0.2, 0.25) is 10.0 Å². The fraction of sp³-hybridized carbons (Fsp3) is 0.500. The number of sulfonamides is 1. The molecule has 8 heteroatoms. The van der Waals surface area contributed by atoms with Crippen LogP contribution in [0.3, 0.4) is 0 Å². The summed E-state index contributed by atoms with van der Waals surface area (Å²) in [5.74, 6) is 0.298. The van der Waals surface area contributed by atoms with E-state index in [1.807, 2.05) is 18.4 Å². The maximum Gasteiger partial charge on any atom is 0.236 e. The van der Waals surface area contributed by atoms with Crippen LogP contribution in [0.2, 0.25) is 0 Å². The van der Waals surface area contributed by atoms with Crippen LogP contribution in [0, 0.1) is 6.92 Å². The van der Waals surface area contributed by atoms with E-state index in [4.69, 9.17) is 4.74 Å². The molecule has 2 N–H and O–H groups in total.